The van der Waals surface area contributed by atoms with Crippen molar-refractivity contribution in [3.05, 3.63) is 0 Å². The molecular formula is C18H35NO2SSi. The summed E-state index contributed by atoms with van der Waals surface area (Å²) >= 11 is 5.65. The van der Waals surface area contributed by atoms with Crippen molar-refractivity contribution in [3.63, 3.8) is 0 Å². The van der Waals surface area contributed by atoms with Gasteiger partial charge in [-0.1, -0.05) is 60.7 Å². The van der Waals surface area contributed by atoms with Crippen molar-refractivity contribution in [2.45, 2.75) is 85.7 Å². The number of carbonyl (C=O) groups excluding carboxylic acids is 1. The number of hydrogen-bond donors (Lipinski definition) is 1. The van der Waals surface area contributed by atoms with E-state index in [-0.39, 0.29) is 40.3 Å². The van der Waals surface area contributed by atoms with Crippen LogP contribution in [0.5, 0.6) is 0 Å². The van der Waals surface area contributed by atoms with Crippen LogP contribution in [0.3, 0.4) is 0 Å². The molecule has 0 spiro atoms. The quantitative estimate of drug-likeness (QED) is 0.445. The number of carbonyl (C=O) groups is 1. The van der Waals surface area contributed by atoms with E-state index in [9.17, 15) is 4.79 Å². The van der Waals surface area contributed by atoms with Crippen LogP contribution in [0.4, 0.5) is 0 Å². The second kappa shape index (κ2) is 6.56. The summed E-state index contributed by atoms with van der Waals surface area (Å²) in [6, 6.07) is 0.0917. The summed E-state index contributed by atoms with van der Waals surface area (Å²) in [5, 5.41) is 3.20. The van der Waals surface area contributed by atoms with Gasteiger partial charge in [0.25, 0.3) is 0 Å². The molecule has 0 aliphatic carbocycles. The van der Waals surface area contributed by atoms with Crippen LogP contribution in [0, 0.1) is 17.3 Å². The molecule has 1 fully saturated rings. The van der Waals surface area contributed by atoms with Gasteiger partial charge in [0.15, 0.2) is 8.32 Å². The van der Waals surface area contributed by atoms with Crippen molar-refractivity contribution in [2.24, 2.45) is 17.3 Å². The van der Waals surface area contributed by atoms with Crippen LogP contribution in [0.1, 0.15) is 55.4 Å². The van der Waals surface area contributed by atoms with E-state index in [1.807, 2.05) is 6.92 Å². The van der Waals surface area contributed by atoms with E-state index >= 15 is 0 Å². The monoisotopic (exact) mass is 357 g/mol. The van der Waals surface area contributed by atoms with Gasteiger partial charge in [0.1, 0.15) is 0 Å². The Morgan fingerprint density at radius 2 is 1.65 bits per heavy atom. The van der Waals surface area contributed by atoms with Crippen LogP contribution >= 0.6 is 12.2 Å². The Bertz CT molecular complexity index is 476. The van der Waals surface area contributed by atoms with Crippen LogP contribution in [-0.2, 0) is 9.22 Å². The zero-order valence-electron chi connectivity index (χ0n) is 16.5. The second-order valence-electron chi connectivity index (χ2n) is 9.55. The molecule has 134 valence electrons. The minimum atomic E-state index is -1.88. The zero-order chi connectivity index (χ0) is 18.4. The summed E-state index contributed by atoms with van der Waals surface area (Å²) in [5.41, 5.74) is -0.0247. The molecule has 0 aromatic rings. The zero-order valence-corrected chi connectivity index (χ0v) is 18.4. The van der Waals surface area contributed by atoms with Crippen molar-refractivity contribution in [3.8, 4) is 0 Å². The van der Waals surface area contributed by atoms with Crippen LogP contribution in [0.2, 0.25) is 18.1 Å². The molecule has 1 aliphatic heterocycles. The number of nitrogens with one attached hydrogen (secondary N) is 1. The normalized spacial score (nSPS) is 25.4. The van der Waals surface area contributed by atoms with Gasteiger partial charge in [-0.3, -0.25) is 4.79 Å². The lowest BCUT2D eigenvalue weighted by Gasteiger charge is -2.48. The van der Waals surface area contributed by atoms with Gasteiger partial charge < -0.3 is 9.74 Å². The van der Waals surface area contributed by atoms with E-state index in [0.29, 0.717) is 0 Å². The minimum Gasteiger partial charge on any atom is -0.413 e. The average molecular weight is 358 g/mol. The Kier molecular flexibility index (Phi) is 5.93. The van der Waals surface area contributed by atoms with Gasteiger partial charge in [0, 0.05) is 16.8 Å². The number of β-lactam (4-membered cyclic amide) rings is 1. The smallest absolute Gasteiger partial charge is 0.228 e. The fourth-order valence-corrected chi connectivity index (χ4v) is 4.50. The third kappa shape index (κ3) is 4.43. The molecule has 4 unspecified atom stereocenters. The van der Waals surface area contributed by atoms with Gasteiger partial charge in [0.05, 0.1) is 12.0 Å². The first-order valence-corrected chi connectivity index (χ1v) is 11.9. The van der Waals surface area contributed by atoms with E-state index < -0.39 is 8.32 Å². The first-order valence-electron chi connectivity index (χ1n) is 8.62. The molecule has 0 saturated carbocycles. The minimum absolute atomic E-state index is 0.0247. The number of rotatable bonds is 5. The topological polar surface area (TPSA) is 38.3 Å². The Labute approximate surface area is 149 Å². The molecule has 3 nitrogen and oxygen atoms in total. The van der Waals surface area contributed by atoms with E-state index in [1.165, 1.54) is 0 Å². The summed E-state index contributed by atoms with van der Waals surface area (Å²) in [7, 11) is -1.88. The number of thiocarbonyl (C=S) groups is 1. The van der Waals surface area contributed by atoms with Crippen molar-refractivity contribution in [2.75, 3.05) is 0 Å². The predicted octanol–water partition coefficient (Wildman–Crippen LogP) is 4.56. The Hall–Kier alpha value is -0.263. The van der Waals surface area contributed by atoms with E-state index in [2.05, 4.69) is 66.9 Å². The van der Waals surface area contributed by atoms with Gasteiger partial charge in [-0.05, 0) is 30.5 Å². The molecule has 1 aliphatic rings. The van der Waals surface area contributed by atoms with Crippen LogP contribution < -0.4 is 5.32 Å². The van der Waals surface area contributed by atoms with E-state index in [1.54, 1.807) is 0 Å². The molecule has 1 N–H and O–H groups in total. The summed E-state index contributed by atoms with van der Waals surface area (Å²) in [6.45, 7) is 21.7. The van der Waals surface area contributed by atoms with Crippen molar-refractivity contribution in [1.29, 1.82) is 0 Å². The third-order valence-corrected chi connectivity index (χ3v) is 11.0. The van der Waals surface area contributed by atoms with Crippen LogP contribution in [-0.4, -0.2) is 31.2 Å². The summed E-state index contributed by atoms with van der Waals surface area (Å²) in [4.78, 5) is 13.2. The maximum Gasteiger partial charge on any atom is 0.228 e. The van der Waals surface area contributed by atoms with Crippen molar-refractivity contribution >= 4 is 31.3 Å². The predicted molar refractivity (Wildman–Crippen MR) is 104 cm³/mol. The highest BCUT2D eigenvalue weighted by molar-refractivity contribution is 7.80. The molecule has 0 bridgehead atoms. The fourth-order valence-electron chi connectivity index (χ4n) is 2.92. The first-order chi connectivity index (χ1) is 10.1. The maximum absolute atomic E-state index is 12.2. The van der Waals surface area contributed by atoms with Crippen LogP contribution in [0.15, 0.2) is 0 Å². The Morgan fingerprint density at radius 3 is 2.00 bits per heavy atom. The Morgan fingerprint density at radius 1 is 1.17 bits per heavy atom. The molecule has 1 rings (SSSR count). The van der Waals surface area contributed by atoms with Crippen molar-refractivity contribution < 1.29 is 9.22 Å². The highest BCUT2D eigenvalue weighted by Crippen LogP contribution is 2.40. The number of amides is 1. The molecule has 0 aromatic carbocycles. The third-order valence-electron chi connectivity index (χ3n) is 5.48. The lowest BCUT2D eigenvalue weighted by Crippen LogP contribution is -2.67. The first kappa shape index (κ1) is 20.8. The molecule has 1 saturated heterocycles. The standard InChI is InChI=1S/C18H35NO2SSi/c1-11(15(22)17(3,4)5)14-13(16(20)19-14)12(2)21-23(9,10)18(6,7)8/h11-14H,1-10H3,(H,19,20). The maximum atomic E-state index is 12.2. The lowest BCUT2D eigenvalue weighted by atomic mass is 9.73. The van der Waals surface area contributed by atoms with Gasteiger partial charge in [-0.2, -0.15) is 0 Å². The highest BCUT2D eigenvalue weighted by atomic mass is 32.1. The lowest BCUT2D eigenvalue weighted by molar-refractivity contribution is -0.141. The summed E-state index contributed by atoms with van der Waals surface area (Å²) in [6.07, 6.45) is -0.0696. The molecule has 5 heteroatoms. The SMILES string of the molecule is CC(O[Si](C)(C)C(C)(C)C)C1C(=O)NC1C(C)C(=S)C(C)(C)C. The van der Waals surface area contributed by atoms with Crippen LogP contribution in [0.25, 0.3) is 0 Å². The van der Waals surface area contributed by atoms with Gasteiger partial charge >= 0.3 is 0 Å². The van der Waals surface area contributed by atoms with E-state index in [0.717, 1.165) is 4.86 Å². The van der Waals surface area contributed by atoms with Gasteiger partial charge in [-0.25, -0.2) is 0 Å². The summed E-state index contributed by atoms with van der Waals surface area (Å²) in [5.74, 6) is 0.183. The summed E-state index contributed by atoms with van der Waals surface area (Å²) < 4.78 is 6.46. The molecule has 0 aromatic heterocycles. The molecule has 1 amide bonds. The van der Waals surface area contributed by atoms with Crippen molar-refractivity contribution in [1.82, 2.24) is 5.32 Å². The van der Waals surface area contributed by atoms with Gasteiger partial charge in [-0.15, -0.1) is 0 Å². The van der Waals surface area contributed by atoms with E-state index in [4.69, 9.17) is 16.6 Å². The molecule has 0 radical (unpaired) electrons. The molecule has 4 atom stereocenters. The van der Waals surface area contributed by atoms with Gasteiger partial charge in [0.2, 0.25) is 5.91 Å². The number of hydrogen-bond acceptors (Lipinski definition) is 3. The largest absolute Gasteiger partial charge is 0.413 e. The second-order valence-corrected chi connectivity index (χ2v) is 14.7. The molecular weight excluding hydrogens is 322 g/mol. The Balaban J connectivity index is 2.86. The average Bonchev–Trinajstić information content (AvgIpc) is 2.30. The highest BCUT2D eigenvalue weighted by Gasteiger charge is 2.50. The molecule has 1 heterocycles. The molecule has 23 heavy (non-hydrogen) atoms. The fraction of sp³-hybridized carbons (Fsp3) is 0.889.